The van der Waals surface area contributed by atoms with Crippen LogP contribution in [0.1, 0.15) is 38.4 Å². The summed E-state index contributed by atoms with van der Waals surface area (Å²) in [6.45, 7) is 12.7. The number of carbonyl (C=O) groups excluding carboxylic acids is 2. The molecule has 2 aromatic rings. The number of hydrogen-bond acceptors (Lipinski definition) is 4. The minimum absolute atomic E-state index is 0.0622. The van der Waals surface area contributed by atoms with Crippen LogP contribution in [-0.2, 0) is 21.0 Å². The fourth-order valence-electron chi connectivity index (χ4n) is 4.54. The lowest BCUT2D eigenvalue weighted by molar-refractivity contribution is -0.135. The Bertz CT molecular complexity index is 1030. The molecule has 7 nitrogen and oxygen atoms in total. The highest BCUT2D eigenvalue weighted by Gasteiger charge is 2.37. The molecule has 36 heavy (non-hydrogen) atoms. The molecule has 1 aliphatic heterocycles. The van der Waals surface area contributed by atoms with Crippen LogP contribution >= 0.6 is 15.9 Å². The Labute approximate surface area is 224 Å². The Kier molecular flexibility index (Phi) is 9.83. The van der Waals surface area contributed by atoms with Crippen LogP contribution in [0.15, 0.2) is 40.9 Å². The van der Waals surface area contributed by atoms with Crippen LogP contribution in [0.5, 0.6) is 0 Å². The Hall–Kier alpha value is -2.10. The van der Waals surface area contributed by atoms with E-state index in [9.17, 15) is 9.59 Å². The number of aromatic nitrogens is 1. The van der Waals surface area contributed by atoms with E-state index in [-0.39, 0.29) is 17.9 Å². The summed E-state index contributed by atoms with van der Waals surface area (Å²) in [6, 6.07) is 12.9. The van der Waals surface area contributed by atoms with Crippen LogP contribution in [0.2, 0.25) is 25.7 Å². The minimum atomic E-state index is -1.21. The van der Waals surface area contributed by atoms with Gasteiger partial charge in [0.15, 0.2) is 0 Å². The van der Waals surface area contributed by atoms with E-state index in [4.69, 9.17) is 9.47 Å². The number of halogens is 1. The van der Waals surface area contributed by atoms with Crippen molar-refractivity contribution < 1.29 is 19.1 Å². The van der Waals surface area contributed by atoms with Gasteiger partial charge in [0.2, 0.25) is 5.91 Å². The highest BCUT2D eigenvalue weighted by Crippen LogP contribution is 2.36. The zero-order valence-corrected chi connectivity index (χ0v) is 24.9. The number of nitrogens with zero attached hydrogens (tertiary/aromatic N) is 2. The van der Waals surface area contributed by atoms with E-state index in [1.54, 1.807) is 0 Å². The van der Waals surface area contributed by atoms with Gasteiger partial charge >= 0.3 is 6.09 Å². The van der Waals surface area contributed by atoms with E-state index in [0.29, 0.717) is 13.3 Å². The van der Waals surface area contributed by atoms with Gasteiger partial charge in [-0.25, -0.2) is 4.79 Å². The maximum Gasteiger partial charge on any atom is 0.407 e. The first-order valence-electron chi connectivity index (χ1n) is 12.7. The predicted octanol–water partition coefficient (Wildman–Crippen LogP) is 6.27. The molecule has 198 valence electrons. The summed E-state index contributed by atoms with van der Waals surface area (Å²) in [4.78, 5) is 27.5. The molecule has 9 heteroatoms. The number of carbonyl (C=O) groups is 2. The molecule has 2 amide bonds. The summed E-state index contributed by atoms with van der Waals surface area (Å²) in [5.41, 5.74) is 3.23. The first-order chi connectivity index (χ1) is 17.0. The van der Waals surface area contributed by atoms with Gasteiger partial charge in [0.05, 0.1) is 18.8 Å². The van der Waals surface area contributed by atoms with E-state index in [0.717, 1.165) is 46.9 Å². The average molecular weight is 579 g/mol. The Balaban J connectivity index is 1.91. The van der Waals surface area contributed by atoms with Crippen LogP contribution in [0.25, 0.3) is 11.3 Å². The highest BCUT2D eigenvalue weighted by atomic mass is 79.9. The normalized spacial score (nSPS) is 16.9. The lowest BCUT2D eigenvalue weighted by Gasteiger charge is -2.31. The monoisotopic (exact) mass is 577 g/mol. The van der Waals surface area contributed by atoms with Crippen molar-refractivity contribution in [2.45, 2.75) is 71.2 Å². The second-order valence-electron chi connectivity index (χ2n) is 11.0. The Morgan fingerprint density at radius 1 is 1.14 bits per heavy atom. The third kappa shape index (κ3) is 7.23. The van der Waals surface area contributed by atoms with Crippen molar-refractivity contribution >= 4 is 36.0 Å². The molecule has 2 heterocycles. The predicted molar refractivity (Wildman–Crippen MR) is 150 cm³/mol. The van der Waals surface area contributed by atoms with E-state index in [1.807, 2.05) is 30.9 Å². The zero-order chi connectivity index (χ0) is 26.5. The van der Waals surface area contributed by atoms with Gasteiger partial charge in [0.1, 0.15) is 12.8 Å². The molecule has 0 bridgehead atoms. The molecule has 1 fully saturated rings. The first-order valence-corrected chi connectivity index (χ1v) is 17.2. The number of benzene rings is 1. The SMILES string of the molecule is COC(=O)N[C@H](C(=O)N1CCC[C@H]1c1ccc(-c2ccc(Br)cc2)n1COCC[Si](C)(C)C)C(C)C. The standard InChI is InChI=1S/C27H40BrN3O4Si/c1-19(2)25(29-27(33)34-3)26(32)30-15-7-8-23(30)24-14-13-22(20-9-11-21(28)12-10-20)31(24)18-35-16-17-36(4,5)6/h9-14,19,23,25H,7-8,15-18H2,1-6H3,(H,29,33)/t23-,25-/m0/s1. The molecule has 2 atom stereocenters. The van der Waals surface area contributed by atoms with Crippen LogP contribution in [0.3, 0.4) is 0 Å². The van der Waals surface area contributed by atoms with E-state index in [1.165, 1.54) is 7.11 Å². The van der Waals surface area contributed by atoms with Gasteiger partial charge in [0, 0.05) is 31.4 Å². The summed E-state index contributed by atoms with van der Waals surface area (Å²) in [7, 11) is 0.109. The van der Waals surface area contributed by atoms with Crippen molar-refractivity contribution in [1.82, 2.24) is 14.8 Å². The number of hydrogen-bond donors (Lipinski definition) is 1. The van der Waals surface area contributed by atoms with Crippen molar-refractivity contribution in [3.05, 3.63) is 46.6 Å². The lowest BCUT2D eigenvalue weighted by Crippen LogP contribution is -2.51. The number of methoxy groups -OCH3 is 1. The first kappa shape index (κ1) is 28.5. The van der Waals surface area contributed by atoms with Gasteiger partial charge in [-0.3, -0.25) is 4.79 Å². The van der Waals surface area contributed by atoms with E-state index >= 15 is 0 Å². The van der Waals surface area contributed by atoms with Gasteiger partial charge < -0.3 is 24.3 Å². The largest absolute Gasteiger partial charge is 0.453 e. The molecular weight excluding hydrogens is 538 g/mol. The van der Waals surface area contributed by atoms with E-state index in [2.05, 4.69) is 69.7 Å². The van der Waals surface area contributed by atoms with Crippen LogP contribution in [0, 0.1) is 5.92 Å². The molecule has 0 spiro atoms. The van der Waals surface area contributed by atoms with Gasteiger partial charge in [-0.2, -0.15) is 0 Å². The Morgan fingerprint density at radius 2 is 1.83 bits per heavy atom. The molecule has 0 saturated carbocycles. The second kappa shape index (κ2) is 12.4. The van der Waals surface area contributed by atoms with Crippen molar-refractivity contribution in [2.24, 2.45) is 5.92 Å². The molecule has 1 N–H and O–H groups in total. The third-order valence-corrected chi connectivity index (χ3v) is 8.87. The van der Waals surface area contributed by atoms with Gasteiger partial charge in [-0.05, 0) is 54.6 Å². The van der Waals surface area contributed by atoms with Crippen molar-refractivity contribution in [3.63, 3.8) is 0 Å². The number of nitrogens with one attached hydrogen (secondary N) is 1. The number of amides is 2. The number of likely N-dealkylation sites (tertiary alicyclic amines) is 1. The van der Waals surface area contributed by atoms with Crippen LogP contribution < -0.4 is 5.32 Å². The molecule has 1 saturated heterocycles. The highest BCUT2D eigenvalue weighted by molar-refractivity contribution is 9.10. The van der Waals surface area contributed by atoms with Crippen molar-refractivity contribution in [2.75, 3.05) is 20.3 Å². The van der Waals surface area contributed by atoms with Crippen molar-refractivity contribution in [1.29, 1.82) is 0 Å². The van der Waals surface area contributed by atoms with Crippen LogP contribution in [0.4, 0.5) is 4.79 Å². The fraction of sp³-hybridized carbons (Fsp3) is 0.556. The molecular formula is C27H40BrN3O4Si. The summed E-state index contributed by atoms with van der Waals surface area (Å²) < 4.78 is 14.2. The zero-order valence-electron chi connectivity index (χ0n) is 22.3. The average Bonchev–Trinajstić information content (AvgIpc) is 3.46. The van der Waals surface area contributed by atoms with Gasteiger partial charge in [-0.15, -0.1) is 0 Å². The fourth-order valence-corrected chi connectivity index (χ4v) is 5.56. The topological polar surface area (TPSA) is 72.8 Å². The minimum Gasteiger partial charge on any atom is -0.453 e. The number of ether oxygens (including phenoxy) is 2. The third-order valence-electron chi connectivity index (χ3n) is 6.64. The summed E-state index contributed by atoms with van der Waals surface area (Å²) >= 11 is 3.53. The van der Waals surface area contributed by atoms with Crippen LogP contribution in [-0.4, -0.2) is 55.8 Å². The van der Waals surface area contributed by atoms with E-state index < -0.39 is 20.2 Å². The molecule has 1 aromatic carbocycles. The Morgan fingerprint density at radius 3 is 2.44 bits per heavy atom. The molecule has 1 aliphatic rings. The maximum atomic E-state index is 13.6. The molecule has 0 aliphatic carbocycles. The summed E-state index contributed by atoms with van der Waals surface area (Å²) in [5, 5.41) is 2.74. The molecule has 0 unspecified atom stereocenters. The van der Waals surface area contributed by atoms with Crippen molar-refractivity contribution in [3.8, 4) is 11.3 Å². The number of rotatable bonds is 10. The maximum absolute atomic E-state index is 13.6. The summed E-state index contributed by atoms with van der Waals surface area (Å²) in [6.07, 6.45) is 1.19. The second-order valence-corrected chi connectivity index (χ2v) is 17.5. The smallest absolute Gasteiger partial charge is 0.407 e. The van der Waals surface area contributed by atoms with Gasteiger partial charge in [0.25, 0.3) is 0 Å². The number of alkyl carbamates (subject to hydrolysis) is 1. The lowest BCUT2D eigenvalue weighted by atomic mass is 10.0. The molecule has 1 aromatic heterocycles. The van der Waals surface area contributed by atoms with Gasteiger partial charge in [-0.1, -0.05) is 61.6 Å². The quantitative estimate of drug-likeness (QED) is 0.266. The molecule has 3 rings (SSSR count). The molecule has 0 radical (unpaired) electrons. The summed E-state index contributed by atoms with van der Waals surface area (Å²) in [5.74, 6) is -0.136.